The number of hydrogen-bond acceptors (Lipinski definition) is 4. The molecule has 0 aliphatic carbocycles. The summed E-state index contributed by atoms with van der Waals surface area (Å²) in [4.78, 5) is 26.4. The van der Waals surface area contributed by atoms with Gasteiger partial charge < -0.3 is 25.0 Å². The number of carboxylic acid groups (broad SMARTS) is 1. The standard InChI is InChI=1S/C13H25N3O4/c1-15(2)7-9-20-8-5-14-13(19)16-6-3-4-11(10-16)12(17)18/h11H,3-10H2,1-2H3,(H,14,19)(H,17,18). The van der Waals surface area contributed by atoms with E-state index >= 15 is 0 Å². The van der Waals surface area contributed by atoms with Crippen molar-refractivity contribution in [3.8, 4) is 0 Å². The lowest BCUT2D eigenvalue weighted by Gasteiger charge is -2.30. The summed E-state index contributed by atoms with van der Waals surface area (Å²) < 4.78 is 5.37. The Morgan fingerprint density at radius 2 is 2.15 bits per heavy atom. The Hall–Kier alpha value is -1.34. The molecule has 1 unspecified atom stereocenters. The third-order valence-electron chi connectivity index (χ3n) is 3.26. The first kappa shape index (κ1) is 16.7. The number of carboxylic acids is 1. The molecule has 1 rings (SSSR count). The molecule has 0 aromatic carbocycles. The topological polar surface area (TPSA) is 82.1 Å². The summed E-state index contributed by atoms with van der Waals surface area (Å²) in [6.45, 7) is 3.31. The zero-order valence-electron chi connectivity index (χ0n) is 12.3. The highest BCUT2D eigenvalue weighted by Crippen LogP contribution is 2.16. The van der Waals surface area contributed by atoms with E-state index in [0.29, 0.717) is 39.3 Å². The number of amides is 2. The fourth-order valence-corrected chi connectivity index (χ4v) is 2.05. The molecular formula is C13H25N3O4. The zero-order chi connectivity index (χ0) is 15.0. The maximum atomic E-state index is 11.9. The zero-order valence-corrected chi connectivity index (χ0v) is 12.3. The van der Waals surface area contributed by atoms with E-state index in [0.717, 1.165) is 13.0 Å². The highest BCUT2D eigenvalue weighted by Gasteiger charge is 2.27. The van der Waals surface area contributed by atoms with Gasteiger partial charge in [-0.1, -0.05) is 0 Å². The van der Waals surface area contributed by atoms with Crippen LogP contribution in [0.5, 0.6) is 0 Å². The van der Waals surface area contributed by atoms with Crippen molar-refractivity contribution in [1.82, 2.24) is 15.1 Å². The van der Waals surface area contributed by atoms with Gasteiger partial charge in [0, 0.05) is 26.2 Å². The van der Waals surface area contributed by atoms with Crippen LogP contribution in [0.2, 0.25) is 0 Å². The van der Waals surface area contributed by atoms with Gasteiger partial charge in [0.1, 0.15) is 0 Å². The van der Waals surface area contributed by atoms with Gasteiger partial charge in [-0.25, -0.2) is 4.79 Å². The van der Waals surface area contributed by atoms with Gasteiger partial charge in [-0.05, 0) is 26.9 Å². The van der Waals surface area contributed by atoms with Crippen molar-refractivity contribution in [1.29, 1.82) is 0 Å². The van der Waals surface area contributed by atoms with E-state index in [9.17, 15) is 9.59 Å². The summed E-state index contributed by atoms with van der Waals surface area (Å²) in [5, 5.41) is 11.7. The fourth-order valence-electron chi connectivity index (χ4n) is 2.05. The van der Waals surface area contributed by atoms with Gasteiger partial charge in [-0.15, -0.1) is 0 Å². The Morgan fingerprint density at radius 3 is 2.80 bits per heavy atom. The molecule has 7 heteroatoms. The van der Waals surface area contributed by atoms with Crippen LogP contribution in [0.1, 0.15) is 12.8 Å². The Kier molecular flexibility index (Phi) is 7.32. The summed E-state index contributed by atoms with van der Waals surface area (Å²) in [6, 6.07) is -0.202. The van der Waals surface area contributed by atoms with E-state index in [1.54, 1.807) is 4.90 Å². The first-order chi connectivity index (χ1) is 9.50. The molecule has 1 saturated heterocycles. The van der Waals surface area contributed by atoms with Crippen molar-refractivity contribution in [3.63, 3.8) is 0 Å². The number of ether oxygens (including phenoxy) is 1. The van der Waals surface area contributed by atoms with Crippen molar-refractivity contribution in [3.05, 3.63) is 0 Å². The van der Waals surface area contributed by atoms with Crippen molar-refractivity contribution in [2.45, 2.75) is 12.8 Å². The minimum atomic E-state index is -0.825. The van der Waals surface area contributed by atoms with Crippen molar-refractivity contribution < 1.29 is 19.4 Å². The average molecular weight is 287 g/mol. The maximum absolute atomic E-state index is 11.9. The van der Waals surface area contributed by atoms with E-state index in [4.69, 9.17) is 9.84 Å². The molecule has 0 spiro atoms. The van der Waals surface area contributed by atoms with Gasteiger partial charge in [-0.3, -0.25) is 4.79 Å². The lowest BCUT2D eigenvalue weighted by Crippen LogP contribution is -2.47. The predicted molar refractivity (Wildman–Crippen MR) is 74.7 cm³/mol. The van der Waals surface area contributed by atoms with E-state index in [2.05, 4.69) is 5.32 Å². The van der Waals surface area contributed by atoms with Crippen LogP contribution >= 0.6 is 0 Å². The lowest BCUT2D eigenvalue weighted by atomic mass is 9.99. The third kappa shape index (κ3) is 6.21. The molecule has 0 aromatic rings. The van der Waals surface area contributed by atoms with Crippen LogP contribution in [-0.2, 0) is 9.53 Å². The minimum absolute atomic E-state index is 0.202. The molecule has 20 heavy (non-hydrogen) atoms. The summed E-state index contributed by atoms with van der Waals surface area (Å²) >= 11 is 0. The number of nitrogens with zero attached hydrogens (tertiary/aromatic N) is 2. The molecule has 2 N–H and O–H groups in total. The Morgan fingerprint density at radius 1 is 1.40 bits per heavy atom. The van der Waals surface area contributed by atoms with Gasteiger partial charge in [0.15, 0.2) is 0 Å². The largest absolute Gasteiger partial charge is 0.481 e. The van der Waals surface area contributed by atoms with Crippen LogP contribution in [0.3, 0.4) is 0 Å². The number of urea groups is 1. The quantitative estimate of drug-likeness (QED) is 0.648. The van der Waals surface area contributed by atoms with Gasteiger partial charge in [0.25, 0.3) is 0 Å². The van der Waals surface area contributed by atoms with E-state index in [-0.39, 0.29) is 6.03 Å². The first-order valence-electron chi connectivity index (χ1n) is 6.98. The van der Waals surface area contributed by atoms with Gasteiger partial charge >= 0.3 is 12.0 Å². The van der Waals surface area contributed by atoms with Crippen molar-refractivity contribution in [2.75, 3.05) is 53.5 Å². The fraction of sp³-hybridized carbons (Fsp3) is 0.846. The molecule has 1 fully saturated rings. The molecule has 116 valence electrons. The molecule has 1 aliphatic rings. The smallest absolute Gasteiger partial charge is 0.317 e. The summed E-state index contributed by atoms with van der Waals surface area (Å²) in [5.41, 5.74) is 0. The van der Waals surface area contributed by atoms with Gasteiger partial charge in [0.2, 0.25) is 0 Å². The monoisotopic (exact) mass is 287 g/mol. The van der Waals surface area contributed by atoms with Crippen molar-refractivity contribution >= 4 is 12.0 Å². The SMILES string of the molecule is CN(C)CCOCCNC(=O)N1CCCC(C(=O)O)C1. The Labute approximate surface area is 119 Å². The highest BCUT2D eigenvalue weighted by molar-refractivity contribution is 5.76. The van der Waals surface area contributed by atoms with Gasteiger partial charge in [-0.2, -0.15) is 0 Å². The molecule has 1 atom stereocenters. The van der Waals surface area contributed by atoms with E-state index < -0.39 is 11.9 Å². The normalized spacial score (nSPS) is 19.1. The second kappa shape index (κ2) is 8.76. The number of carbonyl (C=O) groups excluding carboxylic acids is 1. The van der Waals surface area contributed by atoms with Crippen LogP contribution < -0.4 is 5.32 Å². The number of hydrogen-bond donors (Lipinski definition) is 2. The van der Waals surface area contributed by atoms with Crippen LogP contribution in [0.4, 0.5) is 4.79 Å². The second-order valence-electron chi connectivity index (χ2n) is 5.27. The van der Waals surface area contributed by atoms with Crippen LogP contribution in [0.15, 0.2) is 0 Å². The number of carbonyl (C=O) groups is 2. The Bertz CT molecular complexity index is 323. The first-order valence-corrected chi connectivity index (χ1v) is 6.98. The minimum Gasteiger partial charge on any atom is -0.481 e. The second-order valence-corrected chi connectivity index (χ2v) is 5.27. The molecule has 0 aromatic heterocycles. The van der Waals surface area contributed by atoms with Crippen LogP contribution in [0.25, 0.3) is 0 Å². The Balaban J connectivity index is 2.14. The highest BCUT2D eigenvalue weighted by atomic mass is 16.5. The van der Waals surface area contributed by atoms with E-state index in [1.165, 1.54) is 0 Å². The predicted octanol–water partition coefficient (Wildman–Crippen LogP) is 0.0708. The number of likely N-dealkylation sites (N-methyl/N-ethyl adjacent to an activating group) is 1. The van der Waals surface area contributed by atoms with Crippen LogP contribution in [0, 0.1) is 5.92 Å². The number of nitrogens with one attached hydrogen (secondary N) is 1. The molecule has 0 radical (unpaired) electrons. The molecule has 7 nitrogen and oxygen atoms in total. The average Bonchev–Trinajstić information content (AvgIpc) is 2.42. The molecule has 0 saturated carbocycles. The molecule has 1 heterocycles. The number of rotatable bonds is 7. The molecular weight excluding hydrogens is 262 g/mol. The third-order valence-corrected chi connectivity index (χ3v) is 3.26. The molecule has 2 amide bonds. The van der Waals surface area contributed by atoms with Crippen LogP contribution in [-0.4, -0.2) is 80.4 Å². The number of piperidine rings is 1. The summed E-state index contributed by atoms with van der Waals surface area (Å²) in [5.74, 6) is -1.26. The molecule has 1 aliphatic heterocycles. The lowest BCUT2D eigenvalue weighted by molar-refractivity contribution is -0.143. The number of aliphatic carboxylic acids is 1. The maximum Gasteiger partial charge on any atom is 0.317 e. The molecule has 0 bridgehead atoms. The summed E-state index contributed by atoms with van der Waals surface area (Å²) in [6.07, 6.45) is 1.39. The summed E-state index contributed by atoms with van der Waals surface area (Å²) in [7, 11) is 3.95. The number of likely N-dealkylation sites (tertiary alicyclic amines) is 1. The van der Waals surface area contributed by atoms with Crippen molar-refractivity contribution in [2.24, 2.45) is 5.92 Å². The van der Waals surface area contributed by atoms with Gasteiger partial charge in [0.05, 0.1) is 19.1 Å². The van der Waals surface area contributed by atoms with E-state index in [1.807, 2.05) is 19.0 Å².